The second kappa shape index (κ2) is 7.42. The molecule has 6 rings (SSSR count). The molecule has 0 spiro atoms. The van der Waals surface area contributed by atoms with Crippen molar-refractivity contribution in [1.29, 1.82) is 0 Å². The van der Waals surface area contributed by atoms with Gasteiger partial charge in [0.05, 0.1) is 37.2 Å². The first-order chi connectivity index (χ1) is 16.8. The van der Waals surface area contributed by atoms with Crippen LogP contribution in [0.1, 0.15) is 11.3 Å². The van der Waals surface area contributed by atoms with Gasteiger partial charge in [-0.15, -0.1) is 0 Å². The van der Waals surface area contributed by atoms with Gasteiger partial charge in [-0.3, -0.25) is 14.1 Å². The van der Waals surface area contributed by atoms with Crippen molar-refractivity contribution in [1.82, 2.24) is 34.1 Å². The second-order valence-corrected chi connectivity index (χ2v) is 8.42. The van der Waals surface area contributed by atoms with Crippen molar-refractivity contribution in [3.8, 4) is 5.95 Å². The third kappa shape index (κ3) is 3.40. The molecule has 1 aromatic carbocycles. The van der Waals surface area contributed by atoms with E-state index in [-0.39, 0.29) is 29.5 Å². The molecule has 174 valence electrons. The van der Waals surface area contributed by atoms with Crippen molar-refractivity contribution >= 4 is 33.7 Å². The number of halogens is 2. The molecule has 1 fully saturated rings. The number of nitrogens with zero attached hydrogens (tertiary/aromatic N) is 8. The van der Waals surface area contributed by atoms with Crippen LogP contribution in [-0.4, -0.2) is 53.1 Å². The number of benzene rings is 1. The fourth-order valence-corrected chi connectivity index (χ4v) is 4.23. The smallest absolute Gasteiger partial charge is 0.328 e. The van der Waals surface area contributed by atoms with E-state index in [0.717, 1.165) is 11.3 Å². The third-order valence-corrected chi connectivity index (χ3v) is 6.06. The Bertz CT molecular complexity index is 1720. The predicted octanol–water partition coefficient (Wildman–Crippen LogP) is 3.22. The quantitative estimate of drug-likeness (QED) is 0.402. The number of H-pyrrole nitrogens is 1. The first-order valence-corrected chi connectivity index (χ1v) is 10.7. The van der Waals surface area contributed by atoms with Crippen LogP contribution < -0.4 is 10.6 Å². The van der Waals surface area contributed by atoms with Gasteiger partial charge in [-0.05, 0) is 30.7 Å². The van der Waals surface area contributed by atoms with Crippen molar-refractivity contribution in [3.05, 3.63) is 76.0 Å². The van der Waals surface area contributed by atoms with Gasteiger partial charge in [-0.1, -0.05) is 12.1 Å². The molecule has 4 aromatic heterocycles. The fourth-order valence-electron chi connectivity index (χ4n) is 4.23. The molecule has 1 N–H and O–H groups in total. The Labute approximate surface area is 196 Å². The highest BCUT2D eigenvalue weighted by molar-refractivity contribution is 5.86. The van der Waals surface area contributed by atoms with Crippen molar-refractivity contribution in [2.24, 2.45) is 0 Å². The summed E-state index contributed by atoms with van der Waals surface area (Å²) < 4.78 is 30.5. The van der Waals surface area contributed by atoms with Crippen LogP contribution in [0.2, 0.25) is 0 Å². The van der Waals surface area contributed by atoms with E-state index in [0.29, 0.717) is 16.7 Å². The summed E-state index contributed by atoms with van der Waals surface area (Å²) in [6, 6.07) is 8.67. The van der Waals surface area contributed by atoms with E-state index in [2.05, 4.69) is 29.8 Å². The second-order valence-electron chi connectivity index (χ2n) is 8.42. The highest BCUT2D eigenvalue weighted by atomic mass is 19.3. The molecule has 12 heteroatoms. The molecule has 1 saturated heterocycles. The maximum Gasteiger partial charge on any atom is 0.328 e. The van der Waals surface area contributed by atoms with Crippen LogP contribution in [0.25, 0.3) is 33.0 Å². The van der Waals surface area contributed by atoms with Crippen molar-refractivity contribution < 1.29 is 8.78 Å². The molecule has 5 heterocycles. The number of aromatic amines is 1. The van der Waals surface area contributed by atoms with Gasteiger partial charge in [-0.25, -0.2) is 23.4 Å². The standard InChI is InChI=1S/C23H17F2N9O/c1-13-14(4-3-7-27-13)9-33-20-18(29-22(33)35)19(32-10-23(24,25)11-32)30-21(31-20)34-12-28-16-6-5-15(26-2)8-17(16)34/h3-8,12H,9-11H2,1H3,(H,29,35). The van der Waals surface area contributed by atoms with E-state index in [1.165, 1.54) is 15.8 Å². The lowest BCUT2D eigenvalue weighted by molar-refractivity contribution is -0.0265. The molecular formula is C23H17F2N9O. The molecule has 0 unspecified atom stereocenters. The van der Waals surface area contributed by atoms with Crippen LogP contribution in [-0.2, 0) is 6.54 Å². The Morgan fingerprint density at radius 3 is 2.77 bits per heavy atom. The zero-order valence-corrected chi connectivity index (χ0v) is 18.4. The van der Waals surface area contributed by atoms with E-state index in [1.54, 1.807) is 35.0 Å². The lowest BCUT2D eigenvalue weighted by Crippen LogP contribution is -2.56. The monoisotopic (exact) mass is 473 g/mol. The van der Waals surface area contributed by atoms with E-state index in [4.69, 9.17) is 6.57 Å². The van der Waals surface area contributed by atoms with Gasteiger partial charge in [0.2, 0.25) is 5.95 Å². The number of anilines is 1. The van der Waals surface area contributed by atoms with E-state index >= 15 is 0 Å². The van der Waals surface area contributed by atoms with Crippen LogP contribution in [0, 0.1) is 13.5 Å². The van der Waals surface area contributed by atoms with Gasteiger partial charge < -0.3 is 9.88 Å². The highest BCUT2D eigenvalue weighted by Gasteiger charge is 2.45. The molecule has 10 nitrogen and oxygen atoms in total. The molecule has 0 atom stereocenters. The number of alkyl halides is 2. The van der Waals surface area contributed by atoms with Gasteiger partial charge in [0.25, 0.3) is 5.92 Å². The minimum Gasteiger partial charge on any atom is -0.342 e. The maximum atomic E-state index is 13.7. The molecule has 1 aliphatic rings. The van der Waals surface area contributed by atoms with Gasteiger partial charge in [-0.2, -0.15) is 9.97 Å². The normalized spacial score (nSPS) is 14.9. The number of hydrogen-bond acceptors (Lipinski definition) is 6. The topological polar surface area (TPSA) is 102 Å². The Morgan fingerprint density at radius 1 is 1.20 bits per heavy atom. The summed E-state index contributed by atoms with van der Waals surface area (Å²) in [5.41, 5.74) is 3.32. The largest absolute Gasteiger partial charge is 0.342 e. The molecule has 35 heavy (non-hydrogen) atoms. The number of rotatable bonds is 4. The number of aromatic nitrogens is 7. The molecular weight excluding hydrogens is 456 g/mol. The van der Waals surface area contributed by atoms with Crippen LogP contribution in [0.5, 0.6) is 0 Å². The van der Waals surface area contributed by atoms with E-state index < -0.39 is 24.7 Å². The lowest BCUT2D eigenvalue weighted by atomic mass is 10.1. The Kier molecular flexibility index (Phi) is 4.44. The molecule has 5 aromatic rings. The first-order valence-electron chi connectivity index (χ1n) is 10.7. The van der Waals surface area contributed by atoms with Crippen LogP contribution in [0.3, 0.4) is 0 Å². The summed E-state index contributed by atoms with van der Waals surface area (Å²) in [4.78, 5) is 38.4. The number of aryl methyl sites for hydroxylation is 1. The molecule has 1 aliphatic heterocycles. The zero-order chi connectivity index (χ0) is 24.3. The Morgan fingerprint density at radius 2 is 2.03 bits per heavy atom. The minimum absolute atomic E-state index is 0.156. The van der Waals surface area contributed by atoms with Gasteiger partial charge in [0.1, 0.15) is 11.8 Å². The van der Waals surface area contributed by atoms with Gasteiger partial charge >= 0.3 is 5.69 Å². The number of fused-ring (bicyclic) bond motifs is 2. The highest BCUT2D eigenvalue weighted by Crippen LogP contribution is 2.34. The average molecular weight is 473 g/mol. The molecule has 0 radical (unpaired) electrons. The Balaban J connectivity index is 1.58. The maximum absolute atomic E-state index is 13.7. The molecule has 0 aliphatic carbocycles. The first kappa shape index (κ1) is 20.9. The molecule has 0 saturated carbocycles. The van der Waals surface area contributed by atoms with Gasteiger partial charge in [0, 0.05) is 11.9 Å². The van der Waals surface area contributed by atoms with E-state index in [9.17, 15) is 13.6 Å². The predicted molar refractivity (Wildman–Crippen MR) is 124 cm³/mol. The molecule has 0 amide bonds. The summed E-state index contributed by atoms with van der Waals surface area (Å²) in [7, 11) is 0. The summed E-state index contributed by atoms with van der Waals surface area (Å²) in [5.74, 6) is -2.47. The SMILES string of the molecule is [C-]#[N+]c1ccc2ncn(-c3nc(N4CC(F)(F)C4)c4[nH]c(=O)n(Cc5cccnc5C)c4n3)c2c1. The average Bonchev–Trinajstić information content (AvgIpc) is 3.38. The lowest BCUT2D eigenvalue weighted by Gasteiger charge is -2.39. The number of pyridine rings is 1. The summed E-state index contributed by atoms with van der Waals surface area (Å²) in [6.45, 7) is 8.32. The van der Waals surface area contributed by atoms with Crippen LogP contribution in [0.4, 0.5) is 20.3 Å². The van der Waals surface area contributed by atoms with Crippen molar-refractivity contribution in [2.75, 3.05) is 18.0 Å². The van der Waals surface area contributed by atoms with Crippen LogP contribution in [0.15, 0.2) is 47.7 Å². The molecule has 0 bridgehead atoms. The summed E-state index contributed by atoms with van der Waals surface area (Å²) in [6.07, 6.45) is 3.18. The van der Waals surface area contributed by atoms with Crippen molar-refractivity contribution in [2.45, 2.75) is 19.4 Å². The summed E-state index contributed by atoms with van der Waals surface area (Å²) >= 11 is 0. The third-order valence-electron chi connectivity index (χ3n) is 6.06. The summed E-state index contributed by atoms with van der Waals surface area (Å²) in [5, 5.41) is 0. The van der Waals surface area contributed by atoms with Crippen LogP contribution >= 0.6 is 0 Å². The van der Waals surface area contributed by atoms with Crippen molar-refractivity contribution in [3.63, 3.8) is 0 Å². The number of hydrogen-bond donors (Lipinski definition) is 1. The number of imidazole rings is 2. The minimum atomic E-state index is -2.83. The fraction of sp³-hybridized carbons (Fsp3) is 0.217. The van der Waals surface area contributed by atoms with Gasteiger partial charge in [0.15, 0.2) is 17.2 Å². The van der Waals surface area contributed by atoms with E-state index in [1.807, 2.05) is 13.0 Å². The Hall–Kier alpha value is -4.66. The zero-order valence-electron chi connectivity index (χ0n) is 18.4. The number of nitrogens with one attached hydrogen (secondary N) is 1.